The Kier molecular flexibility index (Phi) is 7.07. The molecule has 1 aliphatic carbocycles. The Labute approximate surface area is 173 Å². The van der Waals surface area contributed by atoms with Crippen LogP contribution < -0.4 is 5.32 Å². The molecule has 30 heavy (non-hydrogen) atoms. The van der Waals surface area contributed by atoms with Gasteiger partial charge in [0.15, 0.2) is 0 Å². The van der Waals surface area contributed by atoms with Gasteiger partial charge in [-0.3, -0.25) is 14.6 Å². The second-order valence-electron chi connectivity index (χ2n) is 7.44. The number of aromatic nitrogens is 1. The van der Waals surface area contributed by atoms with Gasteiger partial charge < -0.3 is 10.2 Å². The van der Waals surface area contributed by atoms with Gasteiger partial charge in [-0.25, -0.2) is 0 Å². The molecule has 3 rings (SSSR count). The maximum atomic E-state index is 13.5. The average Bonchev–Trinajstić information content (AvgIpc) is 2.74. The molecule has 0 bridgehead atoms. The topological polar surface area (TPSA) is 62.3 Å². The van der Waals surface area contributed by atoms with Crippen LogP contribution >= 0.6 is 0 Å². The molecule has 5 nitrogen and oxygen atoms in total. The summed E-state index contributed by atoms with van der Waals surface area (Å²) in [6.07, 6.45) is 2.24. The number of hydrogen-bond donors (Lipinski definition) is 1. The van der Waals surface area contributed by atoms with Crippen molar-refractivity contribution in [3.8, 4) is 0 Å². The predicted octanol–water partition coefficient (Wildman–Crippen LogP) is 4.16. The summed E-state index contributed by atoms with van der Waals surface area (Å²) in [4.78, 5) is 30.1. The Hall–Kier alpha value is -2.90. The third kappa shape index (κ3) is 5.58. The number of nitrogens with zero attached hydrogens (tertiary/aromatic N) is 2. The van der Waals surface area contributed by atoms with Crippen molar-refractivity contribution in [2.45, 2.75) is 56.9 Å². The number of hydrogen-bond acceptors (Lipinski definition) is 3. The van der Waals surface area contributed by atoms with Crippen molar-refractivity contribution in [2.24, 2.45) is 0 Å². The molecule has 0 unspecified atom stereocenters. The molecular weight excluding hydrogens is 395 g/mol. The summed E-state index contributed by atoms with van der Waals surface area (Å²) in [5, 5.41) is 2.87. The fourth-order valence-corrected chi connectivity index (χ4v) is 3.77. The summed E-state index contributed by atoms with van der Waals surface area (Å²) < 4.78 is 40.4. The number of halogens is 3. The van der Waals surface area contributed by atoms with Gasteiger partial charge in [-0.2, -0.15) is 13.2 Å². The largest absolute Gasteiger partial charge is 0.471 e. The highest BCUT2D eigenvalue weighted by Crippen LogP contribution is 2.30. The normalized spacial score (nSPS) is 16.0. The first-order valence-corrected chi connectivity index (χ1v) is 9.98. The molecule has 0 radical (unpaired) electrons. The van der Waals surface area contributed by atoms with Gasteiger partial charge in [0.25, 0.3) is 0 Å². The molecule has 0 saturated heterocycles. The van der Waals surface area contributed by atoms with Gasteiger partial charge in [0, 0.05) is 25.0 Å². The van der Waals surface area contributed by atoms with Gasteiger partial charge >= 0.3 is 12.1 Å². The molecule has 2 amide bonds. The molecule has 1 aliphatic rings. The molecule has 1 aromatic heterocycles. The Morgan fingerprint density at radius 2 is 1.67 bits per heavy atom. The van der Waals surface area contributed by atoms with Crippen LogP contribution in [0, 0.1) is 0 Å². The lowest BCUT2D eigenvalue weighted by atomic mass is 9.94. The quantitative estimate of drug-likeness (QED) is 0.765. The number of rotatable bonds is 6. The van der Waals surface area contributed by atoms with Crippen LogP contribution in [0.15, 0.2) is 54.9 Å². The number of pyridine rings is 1. The number of carbonyl (C=O) groups excluding carboxylic acids is 2. The van der Waals surface area contributed by atoms with E-state index in [0.717, 1.165) is 32.1 Å². The summed E-state index contributed by atoms with van der Waals surface area (Å²) in [7, 11) is 0. The van der Waals surface area contributed by atoms with E-state index < -0.39 is 24.0 Å². The maximum absolute atomic E-state index is 13.5. The highest BCUT2D eigenvalue weighted by atomic mass is 19.4. The van der Waals surface area contributed by atoms with Crippen LogP contribution in [0.5, 0.6) is 0 Å². The third-order valence-corrected chi connectivity index (χ3v) is 5.23. The van der Waals surface area contributed by atoms with Gasteiger partial charge in [0.2, 0.25) is 5.91 Å². The van der Waals surface area contributed by atoms with Gasteiger partial charge in [0.1, 0.15) is 6.04 Å². The minimum absolute atomic E-state index is 0.102. The Morgan fingerprint density at radius 3 is 2.27 bits per heavy atom. The zero-order valence-corrected chi connectivity index (χ0v) is 16.4. The second kappa shape index (κ2) is 9.73. The van der Waals surface area contributed by atoms with Crippen molar-refractivity contribution >= 4 is 11.8 Å². The summed E-state index contributed by atoms with van der Waals surface area (Å²) in [5.41, 5.74) is 0.784. The van der Waals surface area contributed by atoms with E-state index in [1.165, 1.54) is 24.5 Å². The highest BCUT2D eigenvalue weighted by molar-refractivity contribution is 5.90. The van der Waals surface area contributed by atoms with Gasteiger partial charge in [-0.05, 0) is 36.1 Å². The summed E-state index contributed by atoms with van der Waals surface area (Å²) in [5.74, 6) is -2.66. The van der Waals surface area contributed by atoms with E-state index >= 15 is 0 Å². The van der Waals surface area contributed by atoms with E-state index in [9.17, 15) is 22.8 Å². The monoisotopic (exact) mass is 419 g/mol. The number of carbonyl (C=O) groups is 2. The Morgan fingerprint density at radius 1 is 1.03 bits per heavy atom. The van der Waals surface area contributed by atoms with Gasteiger partial charge in [-0.1, -0.05) is 49.6 Å². The third-order valence-electron chi connectivity index (χ3n) is 5.23. The second-order valence-corrected chi connectivity index (χ2v) is 7.44. The summed E-state index contributed by atoms with van der Waals surface area (Å²) in [6, 6.07) is 9.75. The van der Waals surface area contributed by atoms with Crippen molar-refractivity contribution in [3.63, 3.8) is 0 Å². The van der Waals surface area contributed by atoms with Crippen molar-refractivity contribution < 1.29 is 22.8 Å². The number of alkyl halides is 3. The first kappa shape index (κ1) is 21.8. The fraction of sp³-hybridized carbons (Fsp3) is 0.409. The van der Waals surface area contributed by atoms with Gasteiger partial charge in [0.05, 0.1) is 0 Å². The van der Waals surface area contributed by atoms with Gasteiger partial charge in [-0.15, -0.1) is 0 Å². The molecule has 1 heterocycles. The highest BCUT2D eigenvalue weighted by Gasteiger charge is 2.46. The summed E-state index contributed by atoms with van der Waals surface area (Å²) in [6.45, 7) is -0.343. The Bertz CT molecular complexity index is 838. The minimum Gasteiger partial charge on any atom is -0.351 e. The van der Waals surface area contributed by atoms with E-state index in [1.807, 2.05) is 0 Å². The number of nitrogens with one attached hydrogen (secondary N) is 1. The van der Waals surface area contributed by atoms with Crippen LogP contribution in [0.25, 0.3) is 0 Å². The van der Waals surface area contributed by atoms with Crippen LogP contribution in [0.2, 0.25) is 0 Å². The zero-order chi connectivity index (χ0) is 21.6. The van der Waals surface area contributed by atoms with Crippen molar-refractivity contribution in [3.05, 3.63) is 66.0 Å². The van der Waals surface area contributed by atoms with Crippen molar-refractivity contribution in [1.29, 1.82) is 0 Å². The lowest BCUT2D eigenvalue weighted by Crippen LogP contribution is -2.50. The van der Waals surface area contributed by atoms with E-state index in [2.05, 4.69) is 10.3 Å². The van der Waals surface area contributed by atoms with Crippen molar-refractivity contribution in [2.75, 3.05) is 0 Å². The molecule has 0 aliphatic heterocycles. The van der Waals surface area contributed by atoms with Crippen LogP contribution in [0.1, 0.15) is 49.3 Å². The van der Waals surface area contributed by atoms with E-state index in [-0.39, 0.29) is 18.2 Å². The number of benzene rings is 1. The molecule has 160 valence electrons. The molecule has 1 fully saturated rings. The first-order valence-electron chi connectivity index (χ1n) is 9.98. The van der Waals surface area contributed by atoms with E-state index in [0.29, 0.717) is 10.5 Å². The maximum Gasteiger partial charge on any atom is 0.471 e. The van der Waals surface area contributed by atoms with Crippen LogP contribution in [0.4, 0.5) is 13.2 Å². The molecule has 1 saturated carbocycles. The standard InChI is InChI=1S/C22H24F3N3O2/c23-22(24,25)21(30)28(15-16-7-3-1-4-8-16)19(17-11-13-26-14-12-17)20(29)27-18-9-5-2-6-10-18/h1,3-4,7-8,11-14,18-19H,2,5-6,9-10,15H2,(H,27,29)/t19-/m0/s1. The number of amides is 2. The molecule has 8 heteroatoms. The average molecular weight is 419 g/mol. The minimum atomic E-state index is -5.11. The molecular formula is C22H24F3N3O2. The van der Waals surface area contributed by atoms with E-state index in [1.54, 1.807) is 30.3 Å². The lowest BCUT2D eigenvalue weighted by molar-refractivity contribution is -0.189. The molecule has 1 N–H and O–H groups in total. The van der Waals surface area contributed by atoms with Crippen LogP contribution in [0.3, 0.4) is 0 Å². The summed E-state index contributed by atoms with van der Waals surface area (Å²) >= 11 is 0. The predicted molar refractivity (Wildman–Crippen MR) is 105 cm³/mol. The fourth-order valence-electron chi connectivity index (χ4n) is 3.77. The van der Waals surface area contributed by atoms with Crippen LogP contribution in [-0.4, -0.2) is 33.9 Å². The van der Waals surface area contributed by atoms with E-state index in [4.69, 9.17) is 0 Å². The molecule has 1 atom stereocenters. The molecule has 1 aromatic carbocycles. The zero-order valence-electron chi connectivity index (χ0n) is 16.4. The first-order chi connectivity index (χ1) is 14.4. The molecule has 0 spiro atoms. The van der Waals surface area contributed by atoms with Crippen LogP contribution in [-0.2, 0) is 16.1 Å². The Balaban J connectivity index is 1.96. The molecule has 2 aromatic rings. The van der Waals surface area contributed by atoms with Crippen molar-refractivity contribution in [1.82, 2.24) is 15.2 Å². The smallest absolute Gasteiger partial charge is 0.351 e. The lowest BCUT2D eigenvalue weighted by Gasteiger charge is -2.33. The SMILES string of the molecule is O=C(NC1CCCCC1)[C@H](c1ccncc1)N(Cc1ccccc1)C(=O)C(F)(F)F.